The number of hydrogen-bond acceptors (Lipinski definition) is 4. The summed E-state index contributed by atoms with van der Waals surface area (Å²) in [5.74, 6) is 0.611. The number of benzene rings is 1. The van der Waals surface area contributed by atoms with E-state index in [9.17, 15) is 0 Å². The molecule has 0 bridgehead atoms. The summed E-state index contributed by atoms with van der Waals surface area (Å²) in [6, 6.07) is 8.41. The van der Waals surface area contributed by atoms with Gasteiger partial charge in [0.15, 0.2) is 5.96 Å². The summed E-state index contributed by atoms with van der Waals surface area (Å²) in [5, 5.41) is 0. The molecule has 2 aliphatic rings. The van der Waals surface area contributed by atoms with Gasteiger partial charge in [0.2, 0.25) is 0 Å². The molecule has 1 aromatic rings. The molecule has 128 valence electrons. The van der Waals surface area contributed by atoms with Crippen LogP contribution in [-0.2, 0) is 16.0 Å². The Bertz CT molecular complexity index is 515. The average Bonchev–Trinajstić information content (AvgIpc) is 2.61. The lowest BCUT2D eigenvalue weighted by atomic mass is 10.1. The SMILES string of the molecule is I.NC(=NCc1ccccc1N1CCOCC1)N1CCOCC1. The summed E-state index contributed by atoms with van der Waals surface area (Å²) >= 11 is 0. The van der Waals surface area contributed by atoms with Crippen LogP contribution in [0, 0.1) is 0 Å². The summed E-state index contributed by atoms with van der Waals surface area (Å²) in [7, 11) is 0. The number of para-hydroxylation sites is 1. The van der Waals surface area contributed by atoms with Gasteiger partial charge < -0.3 is 25.0 Å². The molecule has 1 aromatic carbocycles. The third kappa shape index (κ3) is 4.95. The molecule has 0 amide bonds. The Labute approximate surface area is 154 Å². The average molecular weight is 432 g/mol. The predicted molar refractivity (Wildman–Crippen MR) is 103 cm³/mol. The van der Waals surface area contributed by atoms with Gasteiger partial charge in [0, 0.05) is 31.9 Å². The Morgan fingerprint density at radius 2 is 1.61 bits per heavy atom. The number of guanidine groups is 1. The number of halogens is 1. The van der Waals surface area contributed by atoms with Gasteiger partial charge in [-0.15, -0.1) is 24.0 Å². The van der Waals surface area contributed by atoms with Gasteiger partial charge in [-0.1, -0.05) is 18.2 Å². The van der Waals surface area contributed by atoms with Crippen molar-refractivity contribution in [3.63, 3.8) is 0 Å². The first kappa shape index (κ1) is 18.3. The highest BCUT2D eigenvalue weighted by molar-refractivity contribution is 14.0. The van der Waals surface area contributed by atoms with Gasteiger partial charge in [-0.25, -0.2) is 4.99 Å². The van der Waals surface area contributed by atoms with Crippen LogP contribution in [0.4, 0.5) is 5.69 Å². The van der Waals surface area contributed by atoms with Crippen molar-refractivity contribution in [1.82, 2.24) is 4.90 Å². The van der Waals surface area contributed by atoms with E-state index in [1.165, 1.54) is 11.3 Å². The molecular weight excluding hydrogens is 407 g/mol. The number of nitrogens with two attached hydrogens (primary N) is 1. The highest BCUT2D eigenvalue weighted by Crippen LogP contribution is 2.22. The van der Waals surface area contributed by atoms with E-state index in [2.05, 4.69) is 39.1 Å². The van der Waals surface area contributed by atoms with Crippen molar-refractivity contribution in [1.29, 1.82) is 0 Å². The van der Waals surface area contributed by atoms with Gasteiger partial charge in [0.05, 0.1) is 33.0 Å². The third-order valence-electron chi connectivity index (χ3n) is 4.09. The maximum atomic E-state index is 6.11. The zero-order valence-electron chi connectivity index (χ0n) is 13.3. The van der Waals surface area contributed by atoms with E-state index in [-0.39, 0.29) is 24.0 Å². The zero-order valence-corrected chi connectivity index (χ0v) is 15.6. The number of ether oxygens (including phenoxy) is 2. The summed E-state index contributed by atoms with van der Waals surface area (Å²) < 4.78 is 10.8. The highest BCUT2D eigenvalue weighted by atomic mass is 127. The van der Waals surface area contributed by atoms with Crippen LogP contribution in [0.5, 0.6) is 0 Å². The standard InChI is InChI=1S/C16H24N4O2.HI/c17-16(20-7-11-22-12-8-20)18-13-14-3-1-2-4-15(14)19-5-9-21-10-6-19;/h1-4H,5-13H2,(H2,17,18);1H. The Morgan fingerprint density at radius 3 is 2.30 bits per heavy atom. The maximum Gasteiger partial charge on any atom is 0.191 e. The first-order chi connectivity index (χ1) is 10.8. The smallest absolute Gasteiger partial charge is 0.191 e. The summed E-state index contributed by atoms with van der Waals surface area (Å²) in [6.45, 7) is 7.12. The Hall–Kier alpha value is -1.06. The summed E-state index contributed by atoms with van der Waals surface area (Å²) in [6.07, 6.45) is 0. The van der Waals surface area contributed by atoms with Gasteiger partial charge in [-0.3, -0.25) is 0 Å². The van der Waals surface area contributed by atoms with Crippen LogP contribution in [0.25, 0.3) is 0 Å². The molecule has 0 radical (unpaired) electrons. The molecule has 7 heteroatoms. The van der Waals surface area contributed by atoms with E-state index in [4.69, 9.17) is 15.2 Å². The lowest BCUT2D eigenvalue weighted by molar-refractivity contribution is 0.0674. The van der Waals surface area contributed by atoms with E-state index in [0.29, 0.717) is 12.5 Å². The molecule has 2 saturated heterocycles. The number of morpholine rings is 2. The van der Waals surface area contributed by atoms with Crippen molar-refractivity contribution in [2.24, 2.45) is 10.7 Å². The van der Waals surface area contributed by atoms with Crippen molar-refractivity contribution in [2.45, 2.75) is 6.54 Å². The number of anilines is 1. The lowest BCUT2D eigenvalue weighted by Crippen LogP contribution is -2.44. The Morgan fingerprint density at radius 1 is 1.00 bits per heavy atom. The normalized spacial score (nSPS) is 19.4. The summed E-state index contributed by atoms with van der Waals surface area (Å²) in [5.41, 5.74) is 8.56. The first-order valence-corrected chi connectivity index (χ1v) is 7.88. The number of nitrogens with zero attached hydrogens (tertiary/aromatic N) is 3. The quantitative estimate of drug-likeness (QED) is 0.443. The van der Waals surface area contributed by atoms with Crippen LogP contribution >= 0.6 is 24.0 Å². The third-order valence-corrected chi connectivity index (χ3v) is 4.09. The lowest BCUT2D eigenvalue weighted by Gasteiger charge is -2.30. The van der Waals surface area contributed by atoms with Crippen molar-refractivity contribution >= 4 is 35.6 Å². The fourth-order valence-corrected chi connectivity index (χ4v) is 2.82. The van der Waals surface area contributed by atoms with Crippen LogP contribution in [-0.4, -0.2) is 63.5 Å². The van der Waals surface area contributed by atoms with Crippen molar-refractivity contribution in [2.75, 3.05) is 57.5 Å². The van der Waals surface area contributed by atoms with E-state index in [0.717, 1.165) is 52.6 Å². The topological polar surface area (TPSA) is 63.3 Å². The first-order valence-electron chi connectivity index (χ1n) is 7.88. The fraction of sp³-hybridized carbons (Fsp3) is 0.562. The molecule has 23 heavy (non-hydrogen) atoms. The molecule has 0 spiro atoms. The largest absolute Gasteiger partial charge is 0.378 e. The van der Waals surface area contributed by atoms with E-state index in [1.54, 1.807) is 0 Å². The molecular formula is C16H25IN4O2. The molecule has 0 aromatic heterocycles. The van der Waals surface area contributed by atoms with Gasteiger partial charge in [-0.2, -0.15) is 0 Å². The molecule has 2 fully saturated rings. The molecule has 0 atom stereocenters. The maximum absolute atomic E-state index is 6.11. The molecule has 2 heterocycles. The van der Waals surface area contributed by atoms with Crippen LogP contribution in [0.2, 0.25) is 0 Å². The second kappa shape index (κ2) is 9.29. The number of hydrogen-bond donors (Lipinski definition) is 1. The molecule has 6 nitrogen and oxygen atoms in total. The highest BCUT2D eigenvalue weighted by Gasteiger charge is 2.15. The fourth-order valence-electron chi connectivity index (χ4n) is 2.82. The molecule has 3 rings (SSSR count). The molecule has 2 aliphatic heterocycles. The van der Waals surface area contributed by atoms with Gasteiger partial charge in [0.1, 0.15) is 0 Å². The van der Waals surface area contributed by atoms with Gasteiger partial charge in [0.25, 0.3) is 0 Å². The molecule has 0 unspecified atom stereocenters. The second-order valence-electron chi connectivity index (χ2n) is 5.50. The summed E-state index contributed by atoms with van der Waals surface area (Å²) in [4.78, 5) is 9.03. The van der Waals surface area contributed by atoms with Crippen LogP contribution in [0.3, 0.4) is 0 Å². The van der Waals surface area contributed by atoms with Crippen LogP contribution in [0.1, 0.15) is 5.56 Å². The van der Waals surface area contributed by atoms with Crippen molar-refractivity contribution in [3.8, 4) is 0 Å². The van der Waals surface area contributed by atoms with Crippen LogP contribution in [0.15, 0.2) is 29.3 Å². The van der Waals surface area contributed by atoms with Gasteiger partial charge in [-0.05, 0) is 11.6 Å². The molecule has 0 saturated carbocycles. The van der Waals surface area contributed by atoms with E-state index < -0.39 is 0 Å². The Kier molecular flexibility index (Phi) is 7.38. The Balaban J connectivity index is 0.00000192. The number of aliphatic imine (C=N–C) groups is 1. The monoisotopic (exact) mass is 432 g/mol. The number of rotatable bonds is 3. The van der Waals surface area contributed by atoms with E-state index >= 15 is 0 Å². The van der Waals surface area contributed by atoms with Gasteiger partial charge >= 0.3 is 0 Å². The minimum absolute atomic E-state index is 0. The molecule has 2 N–H and O–H groups in total. The zero-order chi connectivity index (χ0) is 15.2. The molecule has 0 aliphatic carbocycles. The second-order valence-corrected chi connectivity index (χ2v) is 5.50. The van der Waals surface area contributed by atoms with Crippen molar-refractivity contribution in [3.05, 3.63) is 29.8 Å². The van der Waals surface area contributed by atoms with E-state index in [1.807, 2.05) is 0 Å². The minimum atomic E-state index is 0. The predicted octanol–water partition coefficient (Wildman–Crippen LogP) is 1.29. The van der Waals surface area contributed by atoms with Crippen molar-refractivity contribution < 1.29 is 9.47 Å². The van der Waals surface area contributed by atoms with Crippen LogP contribution < -0.4 is 10.6 Å². The minimum Gasteiger partial charge on any atom is -0.378 e.